The SMILES string of the molecule is CC(C)CNCc1cccn1CC1Cc2ccccc2O1. The predicted molar refractivity (Wildman–Crippen MR) is 85.5 cm³/mol. The van der Waals surface area contributed by atoms with Gasteiger partial charge in [-0.2, -0.15) is 0 Å². The second-order valence-corrected chi connectivity index (χ2v) is 6.23. The van der Waals surface area contributed by atoms with Gasteiger partial charge < -0.3 is 14.6 Å². The van der Waals surface area contributed by atoms with Crippen molar-refractivity contribution in [1.29, 1.82) is 0 Å². The van der Waals surface area contributed by atoms with Crippen molar-refractivity contribution in [2.45, 2.75) is 39.5 Å². The van der Waals surface area contributed by atoms with Crippen LogP contribution in [0.3, 0.4) is 0 Å². The highest BCUT2D eigenvalue weighted by molar-refractivity contribution is 5.37. The summed E-state index contributed by atoms with van der Waals surface area (Å²) in [6, 6.07) is 12.7. The van der Waals surface area contributed by atoms with E-state index in [1.54, 1.807) is 0 Å². The van der Waals surface area contributed by atoms with E-state index in [0.29, 0.717) is 5.92 Å². The van der Waals surface area contributed by atoms with E-state index in [9.17, 15) is 0 Å². The van der Waals surface area contributed by atoms with Crippen LogP contribution < -0.4 is 10.1 Å². The number of nitrogens with one attached hydrogen (secondary N) is 1. The van der Waals surface area contributed by atoms with Gasteiger partial charge in [-0.05, 0) is 36.2 Å². The second kappa shape index (κ2) is 6.35. The molecule has 0 amide bonds. The average Bonchev–Trinajstić information content (AvgIpc) is 3.05. The number of benzene rings is 1. The Bertz CT molecular complexity index is 563. The normalized spacial score (nSPS) is 17.0. The molecule has 0 bridgehead atoms. The molecule has 1 unspecified atom stereocenters. The maximum Gasteiger partial charge on any atom is 0.123 e. The standard InChI is InChI=1S/C18H24N2O/c1-14(2)11-19-12-16-7-5-9-20(16)13-17-10-15-6-3-4-8-18(15)21-17/h3-9,14,17,19H,10-13H2,1-2H3. The van der Waals surface area contributed by atoms with Crippen molar-refractivity contribution in [1.82, 2.24) is 9.88 Å². The lowest BCUT2D eigenvalue weighted by molar-refractivity contribution is 0.207. The van der Waals surface area contributed by atoms with E-state index in [0.717, 1.165) is 31.8 Å². The lowest BCUT2D eigenvalue weighted by Gasteiger charge is -2.15. The molecule has 1 aromatic heterocycles. The molecule has 2 heterocycles. The highest BCUT2D eigenvalue weighted by atomic mass is 16.5. The zero-order chi connectivity index (χ0) is 14.7. The molecule has 112 valence electrons. The van der Waals surface area contributed by atoms with Crippen molar-refractivity contribution in [3.05, 3.63) is 53.9 Å². The lowest BCUT2D eigenvalue weighted by atomic mass is 10.1. The molecular formula is C18H24N2O. The number of rotatable bonds is 6. The van der Waals surface area contributed by atoms with Gasteiger partial charge in [0.15, 0.2) is 0 Å². The van der Waals surface area contributed by atoms with Crippen molar-refractivity contribution in [3.63, 3.8) is 0 Å². The lowest BCUT2D eigenvalue weighted by Crippen LogP contribution is -2.25. The van der Waals surface area contributed by atoms with Gasteiger partial charge in [-0.3, -0.25) is 0 Å². The smallest absolute Gasteiger partial charge is 0.123 e. The largest absolute Gasteiger partial charge is 0.488 e. The first-order chi connectivity index (χ1) is 10.2. The third kappa shape index (κ3) is 3.48. The Labute approximate surface area is 126 Å². The summed E-state index contributed by atoms with van der Waals surface area (Å²) < 4.78 is 8.35. The van der Waals surface area contributed by atoms with Crippen LogP contribution in [0.2, 0.25) is 0 Å². The molecule has 1 aliphatic heterocycles. The molecule has 0 fully saturated rings. The van der Waals surface area contributed by atoms with Crippen LogP contribution in [0.5, 0.6) is 5.75 Å². The summed E-state index contributed by atoms with van der Waals surface area (Å²) in [5.41, 5.74) is 2.66. The van der Waals surface area contributed by atoms with Crippen LogP contribution in [0.25, 0.3) is 0 Å². The third-order valence-electron chi connectivity index (χ3n) is 3.90. The van der Waals surface area contributed by atoms with E-state index < -0.39 is 0 Å². The first-order valence-electron chi connectivity index (χ1n) is 7.81. The first kappa shape index (κ1) is 14.2. The van der Waals surface area contributed by atoms with Gasteiger partial charge in [0, 0.05) is 24.9 Å². The number of ether oxygens (including phenoxy) is 1. The van der Waals surface area contributed by atoms with Gasteiger partial charge in [-0.15, -0.1) is 0 Å². The zero-order valence-corrected chi connectivity index (χ0v) is 12.9. The molecular weight excluding hydrogens is 260 g/mol. The van der Waals surface area contributed by atoms with Gasteiger partial charge in [-0.25, -0.2) is 0 Å². The van der Waals surface area contributed by atoms with E-state index in [-0.39, 0.29) is 6.10 Å². The quantitative estimate of drug-likeness (QED) is 0.881. The van der Waals surface area contributed by atoms with Gasteiger partial charge in [0.2, 0.25) is 0 Å². The molecule has 0 saturated heterocycles. The topological polar surface area (TPSA) is 26.2 Å². The van der Waals surface area contributed by atoms with E-state index in [1.807, 2.05) is 6.07 Å². The summed E-state index contributed by atoms with van der Waals surface area (Å²) in [5, 5.41) is 3.51. The highest BCUT2D eigenvalue weighted by Crippen LogP contribution is 2.28. The zero-order valence-electron chi connectivity index (χ0n) is 12.9. The fraction of sp³-hybridized carbons (Fsp3) is 0.444. The highest BCUT2D eigenvalue weighted by Gasteiger charge is 2.22. The monoisotopic (exact) mass is 284 g/mol. The summed E-state index contributed by atoms with van der Waals surface area (Å²) in [6.07, 6.45) is 3.41. The summed E-state index contributed by atoms with van der Waals surface area (Å²) in [7, 11) is 0. The molecule has 1 aliphatic rings. The van der Waals surface area contributed by atoms with Crippen molar-refractivity contribution < 1.29 is 4.74 Å². The number of aromatic nitrogens is 1. The summed E-state index contributed by atoms with van der Waals surface area (Å²) in [5.74, 6) is 1.73. The van der Waals surface area contributed by atoms with Crippen molar-refractivity contribution in [3.8, 4) is 5.75 Å². The van der Waals surface area contributed by atoms with E-state index in [1.165, 1.54) is 11.3 Å². The van der Waals surface area contributed by atoms with Gasteiger partial charge in [0.25, 0.3) is 0 Å². The number of fused-ring (bicyclic) bond motifs is 1. The van der Waals surface area contributed by atoms with Crippen LogP contribution in [-0.2, 0) is 19.5 Å². The van der Waals surface area contributed by atoms with Crippen molar-refractivity contribution >= 4 is 0 Å². The average molecular weight is 284 g/mol. The number of hydrogen-bond donors (Lipinski definition) is 1. The van der Waals surface area contributed by atoms with Crippen LogP contribution in [-0.4, -0.2) is 17.2 Å². The third-order valence-corrected chi connectivity index (χ3v) is 3.90. The van der Waals surface area contributed by atoms with Gasteiger partial charge in [0.1, 0.15) is 11.9 Å². The van der Waals surface area contributed by atoms with Crippen LogP contribution in [0.1, 0.15) is 25.1 Å². The Morgan fingerprint density at radius 1 is 1.24 bits per heavy atom. The molecule has 1 aromatic carbocycles. The summed E-state index contributed by atoms with van der Waals surface area (Å²) >= 11 is 0. The van der Waals surface area contributed by atoms with Crippen molar-refractivity contribution in [2.75, 3.05) is 6.54 Å². The molecule has 0 spiro atoms. The van der Waals surface area contributed by atoms with E-state index in [4.69, 9.17) is 4.74 Å². The van der Waals surface area contributed by atoms with Crippen molar-refractivity contribution in [2.24, 2.45) is 5.92 Å². The Morgan fingerprint density at radius 2 is 2.10 bits per heavy atom. The Hall–Kier alpha value is -1.74. The molecule has 0 saturated carbocycles. The molecule has 0 aliphatic carbocycles. The van der Waals surface area contributed by atoms with E-state index >= 15 is 0 Å². The fourth-order valence-corrected chi connectivity index (χ4v) is 2.85. The maximum absolute atomic E-state index is 6.04. The van der Waals surface area contributed by atoms with Gasteiger partial charge >= 0.3 is 0 Å². The van der Waals surface area contributed by atoms with Crippen LogP contribution >= 0.6 is 0 Å². The first-order valence-corrected chi connectivity index (χ1v) is 7.81. The molecule has 21 heavy (non-hydrogen) atoms. The number of para-hydroxylation sites is 1. The fourth-order valence-electron chi connectivity index (χ4n) is 2.85. The van der Waals surface area contributed by atoms with E-state index in [2.05, 4.69) is 60.3 Å². The van der Waals surface area contributed by atoms with Gasteiger partial charge in [0.05, 0.1) is 6.54 Å². The minimum atomic E-state index is 0.249. The maximum atomic E-state index is 6.04. The number of hydrogen-bond acceptors (Lipinski definition) is 2. The van der Waals surface area contributed by atoms with Crippen LogP contribution in [0, 0.1) is 5.92 Å². The molecule has 3 heteroatoms. The Morgan fingerprint density at radius 3 is 2.90 bits per heavy atom. The summed E-state index contributed by atoms with van der Waals surface area (Å²) in [4.78, 5) is 0. The molecule has 0 radical (unpaired) electrons. The van der Waals surface area contributed by atoms with Crippen LogP contribution in [0.15, 0.2) is 42.6 Å². The summed E-state index contributed by atoms with van der Waals surface area (Å²) in [6.45, 7) is 7.35. The number of nitrogens with zero attached hydrogens (tertiary/aromatic N) is 1. The predicted octanol–water partition coefficient (Wildman–Crippen LogP) is 3.24. The van der Waals surface area contributed by atoms with Gasteiger partial charge in [-0.1, -0.05) is 32.0 Å². The molecule has 1 N–H and O–H groups in total. The molecule has 3 nitrogen and oxygen atoms in total. The Balaban J connectivity index is 1.58. The molecule has 2 aromatic rings. The Kier molecular flexibility index (Phi) is 4.30. The second-order valence-electron chi connectivity index (χ2n) is 6.23. The minimum absolute atomic E-state index is 0.249. The minimum Gasteiger partial charge on any atom is -0.488 e. The molecule has 3 rings (SSSR count). The van der Waals surface area contributed by atoms with Crippen LogP contribution in [0.4, 0.5) is 0 Å². The molecule has 1 atom stereocenters.